The molecule has 8 heteroatoms. The normalized spacial score (nSPS) is 18.5. The molecule has 2 amide bonds. The predicted molar refractivity (Wildman–Crippen MR) is 131 cm³/mol. The highest BCUT2D eigenvalue weighted by Gasteiger charge is 2.46. The van der Waals surface area contributed by atoms with Crippen molar-refractivity contribution in [2.45, 2.75) is 44.9 Å². The van der Waals surface area contributed by atoms with Gasteiger partial charge in [0.2, 0.25) is 5.91 Å². The zero-order valence-electron chi connectivity index (χ0n) is 20.8. The number of nitrogens with one attached hydrogen (secondary N) is 1. The number of amides is 2. The molecule has 2 heterocycles. The van der Waals surface area contributed by atoms with Crippen LogP contribution in [0.5, 0.6) is 11.5 Å². The van der Waals surface area contributed by atoms with Crippen LogP contribution in [-0.4, -0.2) is 63.5 Å². The maximum atomic E-state index is 13.7. The molecular formula is C27H34N2O6. The molecule has 1 N–H and O–H groups in total. The highest BCUT2D eigenvalue weighted by molar-refractivity contribution is 6.01. The fourth-order valence-electron chi connectivity index (χ4n) is 5.15. The number of hydrogen-bond donors (Lipinski definition) is 1. The van der Waals surface area contributed by atoms with E-state index in [9.17, 15) is 9.59 Å². The van der Waals surface area contributed by atoms with Crippen molar-refractivity contribution in [1.29, 1.82) is 0 Å². The van der Waals surface area contributed by atoms with Gasteiger partial charge in [-0.2, -0.15) is 0 Å². The van der Waals surface area contributed by atoms with Gasteiger partial charge in [0.25, 0.3) is 5.91 Å². The topological polar surface area (TPSA) is 86.3 Å². The number of hydrogen-bond acceptors (Lipinski definition) is 6. The molecule has 2 atom stereocenters. The molecule has 2 aromatic rings. The number of benzene rings is 2. The van der Waals surface area contributed by atoms with Gasteiger partial charge in [0.05, 0.1) is 26.2 Å². The van der Waals surface area contributed by atoms with E-state index in [0.717, 1.165) is 16.7 Å². The lowest BCUT2D eigenvalue weighted by Gasteiger charge is -2.45. The maximum absolute atomic E-state index is 13.7. The Morgan fingerprint density at radius 2 is 1.74 bits per heavy atom. The quantitative estimate of drug-likeness (QED) is 0.522. The summed E-state index contributed by atoms with van der Waals surface area (Å²) < 4.78 is 22.3. The first-order chi connectivity index (χ1) is 17.0. The molecule has 8 nitrogen and oxygen atoms in total. The van der Waals surface area contributed by atoms with Crippen molar-refractivity contribution < 1.29 is 28.5 Å². The van der Waals surface area contributed by atoms with Crippen molar-refractivity contribution in [3.05, 3.63) is 58.7 Å². The number of ether oxygens (including phenoxy) is 4. The van der Waals surface area contributed by atoms with Gasteiger partial charge in [0, 0.05) is 38.3 Å². The first-order valence-corrected chi connectivity index (χ1v) is 12.2. The molecule has 2 aromatic carbocycles. The third-order valence-electron chi connectivity index (χ3n) is 6.69. The smallest absolute Gasteiger partial charge is 0.254 e. The Bertz CT molecular complexity index is 1070. The predicted octanol–water partition coefficient (Wildman–Crippen LogP) is 3.45. The molecule has 0 bridgehead atoms. The van der Waals surface area contributed by atoms with E-state index >= 15 is 0 Å². The van der Waals surface area contributed by atoms with Crippen LogP contribution in [0.3, 0.4) is 0 Å². The molecule has 0 fully saturated rings. The van der Waals surface area contributed by atoms with Gasteiger partial charge in [-0.05, 0) is 55.2 Å². The molecule has 0 radical (unpaired) electrons. The molecular weight excluding hydrogens is 448 g/mol. The second-order valence-corrected chi connectivity index (χ2v) is 8.58. The Hall–Kier alpha value is -3.10. The van der Waals surface area contributed by atoms with Gasteiger partial charge in [-0.15, -0.1) is 0 Å². The number of carbonyl (C=O) groups excluding carboxylic acids is 2. The lowest BCUT2D eigenvalue weighted by Crippen LogP contribution is -2.50. The summed E-state index contributed by atoms with van der Waals surface area (Å²) in [4.78, 5) is 29.0. The second-order valence-electron chi connectivity index (χ2n) is 8.58. The minimum Gasteiger partial charge on any atom is -0.493 e. The van der Waals surface area contributed by atoms with Crippen LogP contribution in [0.2, 0.25) is 0 Å². The van der Waals surface area contributed by atoms with Gasteiger partial charge >= 0.3 is 0 Å². The zero-order chi connectivity index (χ0) is 24.9. The minimum atomic E-state index is -0.557. The van der Waals surface area contributed by atoms with E-state index < -0.39 is 12.0 Å². The van der Waals surface area contributed by atoms with Crippen molar-refractivity contribution in [3.63, 3.8) is 0 Å². The van der Waals surface area contributed by atoms with E-state index in [1.807, 2.05) is 49.1 Å². The number of methoxy groups -OCH3 is 2. The summed E-state index contributed by atoms with van der Waals surface area (Å²) in [5.41, 5.74) is 3.29. The van der Waals surface area contributed by atoms with Crippen LogP contribution in [0.4, 0.5) is 0 Å². The van der Waals surface area contributed by atoms with Crippen LogP contribution < -0.4 is 14.8 Å². The maximum Gasteiger partial charge on any atom is 0.254 e. The van der Waals surface area contributed by atoms with E-state index in [2.05, 4.69) is 5.32 Å². The van der Waals surface area contributed by atoms with Crippen LogP contribution >= 0.6 is 0 Å². The van der Waals surface area contributed by atoms with Gasteiger partial charge in [-0.25, -0.2) is 0 Å². The standard InChI is InChI=1S/C27H34N2O6/c1-5-34-23(35-6-2)11-13-28-26(30)24-18-9-7-8-10-19(18)27(31)29-14-12-17-15-21(32-3)22(33-4)16-20(17)25(24)29/h7-10,15-16,23-25H,5-6,11-14H2,1-4H3,(H,28,30)/t24-,25+/m0/s1. The molecule has 0 unspecified atom stereocenters. The Morgan fingerprint density at radius 3 is 2.43 bits per heavy atom. The summed E-state index contributed by atoms with van der Waals surface area (Å²) in [6, 6.07) is 10.8. The Kier molecular flexibility index (Phi) is 7.93. The number of fused-ring (bicyclic) bond motifs is 4. The molecule has 2 aliphatic heterocycles. The van der Waals surface area contributed by atoms with E-state index in [1.165, 1.54) is 0 Å². The van der Waals surface area contributed by atoms with E-state index in [1.54, 1.807) is 20.3 Å². The minimum absolute atomic E-state index is 0.0529. The van der Waals surface area contributed by atoms with Crippen molar-refractivity contribution in [1.82, 2.24) is 10.2 Å². The summed E-state index contributed by atoms with van der Waals surface area (Å²) in [7, 11) is 3.19. The molecule has 0 aliphatic carbocycles. The Morgan fingerprint density at radius 1 is 1.06 bits per heavy atom. The van der Waals surface area contributed by atoms with Crippen LogP contribution in [-0.2, 0) is 20.7 Å². The summed E-state index contributed by atoms with van der Waals surface area (Å²) >= 11 is 0. The molecule has 0 saturated heterocycles. The van der Waals surface area contributed by atoms with Crippen molar-refractivity contribution in [3.8, 4) is 11.5 Å². The summed E-state index contributed by atoms with van der Waals surface area (Å²) in [6.07, 6.45) is 0.851. The SMILES string of the molecule is CCOC(CCNC(=O)[C@H]1c2ccccc2C(=O)N2CCc3cc(OC)c(OC)cc3[C@H]12)OCC. The van der Waals surface area contributed by atoms with Gasteiger partial charge in [-0.3, -0.25) is 9.59 Å². The molecule has 0 spiro atoms. The largest absolute Gasteiger partial charge is 0.493 e. The fourth-order valence-corrected chi connectivity index (χ4v) is 5.15. The molecule has 35 heavy (non-hydrogen) atoms. The Balaban J connectivity index is 1.69. The van der Waals surface area contributed by atoms with E-state index in [-0.39, 0.29) is 18.1 Å². The van der Waals surface area contributed by atoms with Crippen molar-refractivity contribution in [2.75, 3.05) is 40.5 Å². The second kappa shape index (κ2) is 11.1. The highest BCUT2D eigenvalue weighted by Crippen LogP contribution is 2.48. The van der Waals surface area contributed by atoms with Gasteiger partial charge in [0.15, 0.2) is 17.8 Å². The van der Waals surface area contributed by atoms with Crippen LogP contribution in [0, 0.1) is 0 Å². The third-order valence-corrected chi connectivity index (χ3v) is 6.69. The monoisotopic (exact) mass is 482 g/mol. The molecule has 2 aliphatic rings. The zero-order valence-corrected chi connectivity index (χ0v) is 20.8. The average molecular weight is 483 g/mol. The number of rotatable bonds is 10. The van der Waals surface area contributed by atoms with Gasteiger partial charge in [-0.1, -0.05) is 18.2 Å². The highest BCUT2D eigenvalue weighted by atomic mass is 16.7. The van der Waals surface area contributed by atoms with Gasteiger partial charge < -0.3 is 29.2 Å². The van der Waals surface area contributed by atoms with E-state index in [4.69, 9.17) is 18.9 Å². The average Bonchev–Trinajstić information content (AvgIpc) is 2.88. The van der Waals surface area contributed by atoms with Crippen molar-refractivity contribution in [2.24, 2.45) is 0 Å². The lowest BCUT2D eigenvalue weighted by atomic mass is 9.75. The van der Waals surface area contributed by atoms with E-state index in [0.29, 0.717) is 56.2 Å². The lowest BCUT2D eigenvalue weighted by molar-refractivity contribution is -0.140. The molecule has 0 saturated carbocycles. The number of carbonyl (C=O) groups is 2. The van der Waals surface area contributed by atoms with Crippen LogP contribution in [0.25, 0.3) is 0 Å². The third kappa shape index (κ3) is 4.86. The first-order valence-electron chi connectivity index (χ1n) is 12.2. The molecule has 4 rings (SSSR count). The van der Waals surface area contributed by atoms with Gasteiger partial charge in [0.1, 0.15) is 0 Å². The molecule has 188 valence electrons. The first kappa shape index (κ1) is 25.0. The number of nitrogens with zero attached hydrogens (tertiary/aromatic N) is 1. The fraction of sp³-hybridized carbons (Fsp3) is 0.481. The summed E-state index contributed by atoms with van der Waals surface area (Å²) in [5.74, 6) is 0.479. The van der Waals surface area contributed by atoms with Crippen LogP contribution in [0.1, 0.15) is 59.3 Å². The Labute approximate surface area is 206 Å². The summed E-state index contributed by atoms with van der Waals surface area (Å²) in [5, 5.41) is 3.08. The van der Waals surface area contributed by atoms with Crippen molar-refractivity contribution >= 4 is 11.8 Å². The molecule has 0 aromatic heterocycles. The van der Waals surface area contributed by atoms with Crippen LogP contribution in [0.15, 0.2) is 36.4 Å². The summed E-state index contributed by atoms with van der Waals surface area (Å²) in [6.45, 7) is 5.84.